The summed E-state index contributed by atoms with van der Waals surface area (Å²) in [5.74, 6) is 1.86. The first-order valence-electron chi connectivity index (χ1n) is 8.08. The minimum Gasteiger partial charge on any atom is -0.336 e. The Morgan fingerprint density at radius 3 is 2.57 bits per heavy atom. The quantitative estimate of drug-likeness (QED) is 0.783. The maximum absolute atomic E-state index is 4.73. The Morgan fingerprint density at radius 2 is 1.96 bits per heavy atom. The molecule has 7 heteroatoms. The standard InChI is InChI=1S/C16H23N7/c1-6-22-9-12(8-17-22)18-16-14-13(11(5)21-23(14)7-2)19-15(20-16)10(3)4/h8-10H,6-7H2,1-5H3,(H,18,19,20). The Bertz CT molecular complexity index is 828. The number of aryl methyl sites for hydroxylation is 3. The Hall–Kier alpha value is -2.44. The van der Waals surface area contributed by atoms with Crippen LogP contribution in [0.3, 0.4) is 0 Å². The van der Waals surface area contributed by atoms with Crippen molar-refractivity contribution in [3.05, 3.63) is 23.9 Å². The molecule has 7 nitrogen and oxygen atoms in total. The van der Waals surface area contributed by atoms with Gasteiger partial charge in [0.05, 0.1) is 17.6 Å². The highest BCUT2D eigenvalue weighted by Gasteiger charge is 2.17. The topological polar surface area (TPSA) is 73.5 Å². The van der Waals surface area contributed by atoms with E-state index in [1.807, 2.05) is 28.7 Å². The molecule has 23 heavy (non-hydrogen) atoms. The van der Waals surface area contributed by atoms with Crippen molar-refractivity contribution in [2.75, 3.05) is 5.32 Å². The van der Waals surface area contributed by atoms with Gasteiger partial charge in [-0.25, -0.2) is 9.97 Å². The van der Waals surface area contributed by atoms with Crippen molar-refractivity contribution >= 4 is 22.5 Å². The fourth-order valence-electron chi connectivity index (χ4n) is 2.56. The van der Waals surface area contributed by atoms with Gasteiger partial charge in [0.2, 0.25) is 0 Å². The number of anilines is 2. The largest absolute Gasteiger partial charge is 0.336 e. The molecule has 0 aliphatic rings. The van der Waals surface area contributed by atoms with E-state index in [-0.39, 0.29) is 5.92 Å². The van der Waals surface area contributed by atoms with Crippen molar-refractivity contribution < 1.29 is 0 Å². The molecule has 0 amide bonds. The maximum Gasteiger partial charge on any atom is 0.160 e. The van der Waals surface area contributed by atoms with Crippen molar-refractivity contribution in [2.24, 2.45) is 0 Å². The molecule has 1 N–H and O–H groups in total. The van der Waals surface area contributed by atoms with Crippen LogP contribution in [0.5, 0.6) is 0 Å². The lowest BCUT2D eigenvalue weighted by molar-refractivity contribution is 0.660. The monoisotopic (exact) mass is 313 g/mol. The molecular weight excluding hydrogens is 290 g/mol. The number of hydrogen-bond acceptors (Lipinski definition) is 5. The molecule has 0 atom stereocenters. The van der Waals surface area contributed by atoms with Gasteiger partial charge in [0.15, 0.2) is 5.82 Å². The van der Waals surface area contributed by atoms with E-state index in [1.54, 1.807) is 0 Å². The summed E-state index contributed by atoms with van der Waals surface area (Å²) < 4.78 is 3.83. The molecule has 0 aliphatic carbocycles. The van der Waals surface area contributed by atoms with Crippen LogP contribution in [0.25, 0.3) is 11.0 Å². The second kappa shape index (κ2) is 5.98. The minimum atomic E-state index is 0.252. The van der Waals surface area contributed by atoms with Crippen LogP contribution in [0.15, 0.2) is 12.4 Å². The van der Waals surface area contributed by atoms with E-state index in [0.29, 0.717) is 0 Å². The lowest BCUT2D eigenvalue weighted by Crippen LogP contribution is -2.05. The molecule has 0 fully saturated rings. The number of nitrogens with one attached hydrogen (secondary N) is 1. The lowest BCUT2D eigenvalue weighted by Gasteiger charge is -2.10. The van der Waals surface area contributed by atoms with Crippen LogP contribution >= 0.6 is 0 Å². The summed E-state index contributed by atoms with van der Waals surface area (Å²) in [7, 11) is 0. The number of hydrogen-bond donors (Lipinski definition) is 1. The lowest BCUT2D eigenvalue weighted by atomic mass is 10.2. The second-order valence-electron chi connectivity index (χ2n) is 5.89. The van der Waals surface area contributed by atoms with Crippen LogP contribution in [-0.4, -0.2) is 29.5 Å². The fourth-order valence-corrected chi connectivity index (χ4v) is 2.56. The molecule has 3 aromatic heterocycles. The summed E-state index contributed by atoms with van der Waals surface area (Å²) in [5, 5.41) is 12.3. The smallest absolute Gasteiger partial charge is 0.160 e. The van der Waals surface area contributed by atoms with Gasteiger partial charge < -0.3 is 5.32 Å². The zero-order chi connectivity index (χ0) is 16.6. The van der Waals surface area contributed by atoms with Crippen LogP contribution in [0.1, 0.15) is 45.1 Å². The Labute approximate surface area is 135 Å². The van der Waals surface area contributed by atoms with Crippen molar-refractivity contribution in [2.45, 2.75) is 53.6 Å². The normalized spacial score (nSPS) is 11.6. The predicted octanol–water partition coefficient (Wildman–Crippen LogP) is 3.24. The highest BCUT2D eigenvalue weighted by atomic mass is 15.3. The van der Waals surface area contributed by atoms with Gasteiger partial charge >= 0.3 is 0 Å². The van der Waals surface area contributed by atoms with E-state index < -0.39 is 0 Å². The van der Waals surface area contributed by atoms with E-state index in [4.69, 9.17) is 9.97 Å². The van der Waals surface area contributed by atoms with E-state index >= 15 is 0 Å². The second-order valence-corrected chi connectivity index (χ2v) is 5.89. The molecule has 0 aliphatic heterocycles. The van der Waals surface area contributed by atoms with Crippen molar-refractivity contribution in [1.29, 1.82) is 0 Å². The van der Waals surface area contributed by atoms with Crippen molar-refractivity contribution in [3.8, 4) is 0 Å². The number of aromatic nitrogens is 6. The van der Waals surface area contributed by atoms with Crippen LogP contribution in [0.2, 0.25) is 0 Å². The Kier molecular flexibility index (Phi) is 4.02. The number of fused-ring (bicyclic) bond motifs is 1. The van der Waals surface area contributed by atoms with Gasteiger partial charge in [-0.1, -0.05) is 13.8 Å². The summed E-state index contributed by atoms with van der Waals surface area (Å²) in [6, 6.07) is 0. The van der Waals surface area contributed by atoms with Gasteiger partial charge in [0.1, 0.15) is 16.9 Å². The zero-order valence-electron chi connectivity index (χ0n) is 14.3. The molecular formula is C16H23N7. The van der Waals surface area contributed by atoms with E-state index in [1.165, 1.54) is 0 Å². The SMILES string of the molecule is CCn1cc(Nc2nc(C(C)C)nc3c(C)nn(CC)c23)cn1. The summed E-state index contributed by atoms with van der Waals surface area (Å²) in [5.41, 5.74) is 3.70. The average Bonchev–Trinajstić information content (AvgIpc) is 3.11. The first-order chi connectivity index (χ1) is 11.0. The molecule has 0 radical (unpaired) electrons. The summed E-state index contributed by atoms with van der Waals surface area (Å²) in [6.07, 6.45) is 3.79. The van der Waals surface area contributed by atoms with Crippen molar-refractivity contribution in [1.82, 2.24) is 29.5 Å². The third-order valence-electron chi connectivity index (χ3n) is 3.81. The third kappa shape index (κ3) is 2.78. The molecule has 0 unspecified atom stereocenters. The summed E-state index contributed by atoms with van der Waals surface area (Å²) in [4.78, 5) is 9.44. The van der Waals surface area contributed by atoms with Gasteiger partial charge in [-0.05, 0) is 20.8 Å². The van der Waals surface area contributed by atoms with Gasteiger partial charge in [-0.15, -0.1) is 0 Å². The first kappa shape index (κ1) is 15.5. The molecule has 0 saturated heterocycles. The Balaban J connectivity index is 2.15. The highest BCUT2D eigenvalue weighted by Crippen LogP contribution is 2.27. The highest BCUT2D eigenvalue weighted by molar-refractivity contribution is 5.89. The molecule has 0 saturated carbocycles. The van der Waals surface area contributed by atoms with Crippen LogP contribution < -0.4 is 5.32 Å². The van der Waals surface area contributed by atoms with Gasteiger partial charge in [-0.3, -0.25) is 9.36 Å². The predicted molar refractivity (Wildman–Crippen MR) is 91.0 cm³/mol. The van der Waals surface area contributed by atoms with Crippen LogP contribution in [0.4, 0.5) is 11.5 Å². The maximum atomic E-state index is 4.73. The van der Waals surface area contributed by atoms with Crippen molar-refractivity contribution in [3.63, 3.8) is 0 Å². The molecule has 0 spiro atoms. The molecule has 3 heterocycles. The Morgan fingerprint density at radius 1 is 1.17 bits per heavy atom. The molecule has 0 bridgehead atoms. The van der Waals surface area contributed by atoms with Gasteiger partial charge in [-0.2, -0.15) is 10.2 Å². The van der Waals surface area contributed by atoms with Crippen LogP contribution in [0, 0.1) is 6.92 Å². The molecule has 3 aromatic rings. The molecule has 0 aromatic carbocycles. The molecule has 3 rings (SSSR count). The minimum absolute atomic E-state index is 0.252. The molecule has 122 valence electrons. The zero-order valence-corrected chi connectivity index (χ0v) is 14.3. The fraction of sp³-hybridized carbons (Fsp3) is 0.500. The number of nitrogens with zero attached hydrogens (tertiary/aromatic N) is 6. The third-order valence-corrected chi connectivity index (χ3v) is 3.81. The van der Waals surface area contributed by atoms with E-state index in [2.05, 4.69) is 43.2 Å². The van der Waals surface area contributed by atoms with E-state index in [9.17, 15) is 0 Å². The van der Waals surface area contributed by atoms with E-state index in [0.717, 1.165) is 47.1 Å². The summed E-state index contributed by atoms with van der Waals surface area (Å²) >= 11 is 0. The van der Waals surface area contributed by atoms with Gasteiger partial charge in [0, 0.05) is 25.2 Å². The summed E-state index contributed by atoms with van der Waals surface area (Å²) in [6.45, 7) is 11.9. The first-order valence-corrected chi connectivity index (χ1v) is 8.08. The average molecular weight is 313 g/mol. The van der Waals surface area contributed by atoms with Crippen LogP contribution in [-0.2, 0) is 13.1 Å². The van der Waals surface area contributed by atoms with Gasteiger partial charge in [0.25, 0.3) is 0 Å². The number of rotatable bonds is 5.